The largest absolute Gasteiger partial charge is 0.470 e. The van der Waals surface area contributed by atoms with Gasteiger partial charge < -0.3 is 4.74 Å². The van der Waals surface area contributed by atoms with Gasteiger partial charge in [-0.3, -0.25) is 0 Å². The first-order chi connectivity index (χ1) is 10.4. The number of pyridine rings is 1. The van der Waals surface area contributed by atoms with Crippen molar-refractivity contribution in [3.8, 4) is 0 Å². The van der Waals surface area contributed by atoms with E-state index in [0.29, 0.717) is 5.92 Å². The van der Waals surface area contributed by atoms with Crippen LogP contribution in [0.5, 0.6) is 0 Å². The summed E-state index contributed by atoms with van der Waals surface area (Å²) >= 11 is 0. The number of aliphatic imine (C=N–C) groups is 1. The van der Waals surface area contributed by atoms with Gasteiger partial charge in [-0.1, -0.05) is 30.3 Å². The molecule has 1 saturated carbocycles. The van der Waals surface area contributed by atoms with Gasteiger partial charge in [-0.2, -0.15) is 0 Å². The van der Waals surface area contributed by atoms with Crippen LogP contribution in [0.4, 0.5) is 0 Å². The fraction of sp³-hybridized carbons (Fsp3) is 0.333. The van der Waals surface area contributed by atoms with Crippen molar-refractivity contribution in [3.05, 3.63) is 65.0 Å². The van der Waals surface area contributed by atoms with Crippen molar-refractivity contribution < 1.29 is 4.74 Å². The Kier molecular flexibility index (Phi) is 2.28. The molecule has 0 unspecified atom stereocenters. The molecule has 2 heterocycles. The number of hydrogen-bond acceptors (Lipinski definition) is 3. The van der Waals surface area contributed by atoms with Crippen molar-refractivity contribution in [2.45, 2.75) is 37.3 Å². The normalized spacial score (nSPS) is 26.0. The summed E-state index contributed by atoms with van der Waals surface area (Å²) in [5.41, 5.74) is 4.77. The number of rotatable bonds is 2. The highest BCUT2D eigenvalue weighted by Gasteiger charge is 2.39. The molecular formula is C18H16N2O. The van der Waals surface area contributed by atoms with Crippen molar-refractivity contribution in [2.75, 3.05) is 0 Å². The maximum Gasteiger partial charge on any atom is 0.236 e. The monoisotopic (exact) mass is 276 g/mol. The van der Waals surface area contributed by atoms with Gasteiger partial charge in [0.05, 0.1) is 0 Å². The van der Waals surface area contributed by atoms with Crippen molar-refractivity contribution >= 4 is 5.90 Å². The van der Waals surface area contributed by atoms with Crippen LogP contribution in [0, 0.1) is 0 Å². The zero-order valence-electron chi connectivity index (χ0n) is 11.7. The first-order valence-corrected chi connectivity index (χ1v) is 7.68. The lowest BCUT2D eigenvalue weighted by atomic mass is 10.1. The lowest BCUT2D eigenvalue weighted by Crippen LogP contribution is -2.14. The van der Waals surface area contributed by atoms with Crippen LogP contribution >= 0.6 is 0 Å². The molecule has 0 N–H and O–H groups in total. The van der Waals surface area contributed by atoms with Gasteiger partial charge in [-0.15, -0.1) is 0 Å². The second-order valence-corrected chi connectivity index (χ2v) is 6.16. The SMILES string of the molecule is c1cc(C2=N[C@H]3c4ccccc4C[C@H]3O2)nc(C2CC2)c1. The Balaban J connectivity index is 1.51. The van der Waals surface area contributed by atoms with Crippen LogP contribution in [0.25, 0.3) is 0 Å². The van der Waals surface area contributed by atoms with Crippen LogP contribution in [0.2, 0.25) is 0 Å². The minimum atomic E-state index is 0.155. The van der Waals surface area contributed by atoms with E-state index in [1.165, 1.54) is 29.7 Å². The number of nitrogens with zero attached hydrogens (tertiary/aromatic N) is 2. The average molecular weight is 276 g/mol. The molecule has 0 amide bonds. The van der Waals surface area contributed by atoms with Crippen LogP contribution in [0.3, 0.4) is 0 Å². The van der Waals surface area contributed by atoms with Gasteiger partial charge in [-0.25, -0.2) is 9.98 Å². The van der Waals surface area contributed by atoms with E-state index in [1.54, 1.807) is 0 Å². The number of hydrogen-bond donors (Lipinski definition) is 0. The molecule has 1 aromatic carbocycles. The molecule has 2 aromatic rings. The summed E-state index contributed by atoms with van der Waals surface area (Å²) < 4.78 is 6.10. The van der Waals surface area contributed by atoms with Gasteiger partial charge in [0.25, 0.3) is 0 Å². The molecule has 21 heavy (non-hydrogen) atoms. The molecule has 3 nitrogen and oxygen atoms in total. The van der Waals surface area contributed by atoms with Crippen molar-refractivity contribution in [2.24, 2.45) is 4.99 Å². The molecule has 1 aromatic heterocycles. The molecule has 0 radical (unpaired) electrons. The second-order valence-electron chi connectivity index (χ2n) is 6.16. The van der Waals surface area contributed by atoms with E-state index >= 15 is 0 Å². The van der Waals surface area contributed by atoms with E-state index in [-0.39, 0.29) is 12.1 Å². The summed E-state index contributed by atoms with van der Waals surface area (Å²) in [5, 5.41) is 0. The molecule has 0 spiro atoms. The van der Waals surface area contributed by atoms with E-state index < -0.39 is 0 Å². The molecule has 5 rings (SSSR count). The highest BCUT2D eigenvalue weighted by atomic mass is 16.5. The molecule has 1 aliphatic heterocycles. The van der Waals surface area contributed by atoms with Crippen LogP contribution in [-0.2, 0) is 11.2 Å². The molecule has 2 aliphatic carbocycles. The van der Waals surface area contributed by atoms with Crippen LogP contribution < -0.4 is 0 Å². The first-order valence-electron chi connectivity index (χ1n) is 7.68. The van der Waals surface area contributed by atoms with Gasteiger partial charge in [0.15, 0.2) is 0 Å². The Hall–Kier alpha value is -2.16. The topological polar surface area (TPSA) is 34.5 Å². The van der Waals surface area contributed by atoms with Crippen LogP contribution in [-0.4, -0.2) is 17.0 Å². The molecule has 3 heteroatoms. The number of fused-ring (bicyclic) bond motifs is 3. The Bertz CT molecular complexity index is 748. The predicted octanol–water partition coefficient (Wildman–Crippen LogP) is 3.40. The maximum absolute atomic E-state index is 6.10. The molecule has 0 saturated heterocycles. The maximum atomic E-state index is 6.10. The van der Waals surface area contributed by atoms with Crippen molar-refractivity contribution in [3.63, 3.8) is 0 Å². The molecule has 1 fully saturated rings. The summed E-state index contributed by atoms with van der Waals surface area (Å²) in [6, 6.07) is 14.9. The minimum absolute atomic E-state index is 0.155. The number of ether oxygens (including phenoxy) is 1. The zero-order valence-corrected chi connectivity index (χ0v) is 11.7. The van der Waals surface area contributed by atoms with E-state index in [1.807, 2.05) is 6.07 Å². The third kappa shape index (κ3) is 1.80. The Labute approximate surface area is 123 Å². The van der Waals surface area contributed by atoms with E-state index in [4.69, 9.17) is 14.7 Å². The fourth-order valence-electron chi connectivity index (χ4n) is 3.40. The molecule has 3 aliphatic rings. The Morgan fingerprint density at radius 1 is 1.00 bits per heavy atom. The number of aromatic nitrogens is 1. The predicted molar refractivity (Wildman–Crippen MR) is 80.5 cm³/mol. The Morgan fingerprint density at radius 2 is 1.90 bits per heavy atom. The molecule has 104 valence electrons. The summed E-state index contributed by atoms with van der Waals surface area (Å²) in [4.78, 5) is 9.56. The smallest absolute Gasteiger partial charge is 0.236 e. The summed E-state index contributed by atoms with van der Waals surface area (Å²) in [6.45, 7) is 0. The van der Waals surface area contributed by atoms with Crippen molar-refractivity contribution in [1.29, 1.82) is 0 Å². The van der Waals surface area contributed by atoms with E-state index in [9.17, 15) is 0 Å². The van der Waals surface area contributed by atoms with Crippen molar-refractivity contribution in [1.82, 2.24) is 4.98 Å². The summed E-state index contributed by atoms with van der Waals surface area (Å²) in [7, 11) is 0. The fourth-order valence-corrected chi connectivity index (χ4v) is 3.40. The minimum Gasteiger partial charge on any atom is -0.470 e. The first kappa shape index (κ1) is 11.5. The van der Waals surface area contributed by atoms with Gasteiger partial charge in [-0.05, 0) is 36.1 Å². The third-order valence-electron chi connectivity index (χ3n) is 4.65. The lowest BCUT2D eigenvalue weighted by molar-refractivity contribution is 0.206. The summed E-state index contributed by atoms with van der Waals surface area (Å²) in [6.07, 6.45) is 3.64. The van der Waals surface area contributed by atoms with Crippen LogP contribution in [0.15, 0.2) is 47.5 Å². The van der Waals surface area contributed by atoms with Gasteiger partial charge in [0, 0.05) is 18.0 Å². The highest BCUT2D eigenvalue weighted by molar-refractivity contribution is 5.94. The van der Waals surface area contributed by atoms with Gasteiger partial charge in [0.2, 0.25) is 5.90 Å². The van der Waals surface area contributed by atoms with E-state index in [2.05, 4.69) is 36.4 Å². The highest BCUT2D eigenvalue weighted by Crippen LogP contribution is 2.41. The quantitative estimate of drug-likeness (QED) is 0.842. The summed E-state index contributed by atoms with van der Waals surface area (Å²) in [5.74, 6) is 1.38. The molecular weight excluding hydrogens is 260 g/mol. The molecule has 2 atom stereocenters. The lowest BCUT2D eigenvalue weighted by Gasteiger charge is -2.09. The molecule has 0 bridgehead atoms. The Morgan fingerprint density at radius 3 is 2.81 bits per heavy atom. The van der Waals surface area contributed by atoms with Gasteiger partial charge >= 0.3 is 0 Å². The van der Waals surface area contributed by atoms with E-state index in [0.717, 1.165) is 18.0 Å². The third-order valence-corrected chi connectivity index (χ3v) is 4.65. The zero-order chi connectivity index (χ0) is 13.8. The van der Waals surface area contributed by atoms with Crippen LogP contribution in [0.1, 0.15) is 47.3 Å². The number of benzene rings is 1. The second kappa shape index (κ2) is 4.17. The average Bonchev–Trinajstić information content (AvgIpc) is 3.20. The van der Waals surface area contributed by atoms with Gasteiger partial charge in [0.1, 0.15) is 17.8 Å². The standard InChI is InChI=1S/C18H16N2O/c1-2-5-13-12(4-1)10-16-17(13)20-18(21-16)15-7-3-6-14(19-15)11-8-9-11/h1-7,11,16-17H,8-10H2/t16-,17+/m1/s1.